The van der Waals surface area contributed by atoms with Crippen LogP contribution in [0, 0.1) is 5.82 Å². The van der Waals surface area contributed by atoms with Gasteiger partial charge in [0.05, 0.1) is 12.8 Å². The van der Waals surface area contributed by atoms with Gasteiger partial charge in [-0.05, 0) is 42.5 Å². The van der Waals surface area contributed by atoms with Gasteiger partial charge in [0.15, 0.2) is 0 Å². The van der Waals surface area contributed by atoms with E-state index >= 15 is 0 Å². The van der Waals surface area contributed by atoms with Crippen LogP contribution in [0.5, 0.6) is 5.75 Å². The lowest BCUT2D eigenvalue weighted by molar-refractivity contribution is -0.118. The second-order valence-electron chi connectivity index (χ2n) is 6.66. The molecule has 2 aromatic heterocycles. The monoisotopic (exact) mass is 442 g/mol. The van der Waals surface area contributed by atoms with Gasteiger partial charge in [0.1, 0.15) is 35.5 Å². The standard InChI is InChI=1S/C21H16ClFN4O4/c1-26(15-9-13(22)5-8-16(15)30-2)17(28)10-27-11-24-20-18(21(27)29)19(25-31-20)12-3-6-14(23)7-4-12/h3-9,11H,10H2,1-2H3. The number of carbonyl (C=O) groups is 1. The van der Waals surface area contributed by atoms with E-state index in [0.717, 1.165) is 4.57 Å². The lowest BCUT2D eigenvalue weighted by atomic mass is 10.1. The van der Waals surface area contributed by atoms with Crippen LogP contribution in [0.3, 0.4) is 0 Å². The molecule has 0 aliphatic rings. The smallest absolute Gasteiger partial charge is 0.267 e. The minimum absolute atomic E-state index is 0.0258. The number of amides is 1. The maximum Gasteiger partial charge on any atom is 0.267 e. The van der Waals surface area contributed by atoms with E-state index in [1.807, 2.05) is 0 Å². The number of aromatic nitrogens is 3. The molecule has 0 aliphatic heterocycles. The maximum absolute atomic E-state index is 13.2. The van der Waals surface area contributed by atoms with Crippen molar-refractivity contribution in [1.29, 1.82) is 0 Å². The number of anilines is 1. The van der Waals surface area contributed by atoms with Crippen LogP contribution in [-0.2, 0) is 11.3 Å². The fourth-order valence-electron chi connectivity index (χ4n) is 3.11. The molecule has 0 saturated carbocycles. The quantitative estimate of drug-likeness (QED) is 0.469. The van der Waals surface area contributed by atoms with Gasteiger partial charge < -0.3 is 14.2 Å². The van der Waals surface area contributed by atoms with E-state index in [-0.39, 0.29) is 23.3 Å². The summed E-state index contributed by atoms with van der Waals surface area (Å²) >= 11 is 6.05. The zero-order valence-electron chi connectivity index (χ0n) is 16.5. The molecular formula is C21H16ClFN4O4. The van der Waals surface area contributed by atoms with Crippen molar-refractivity contribution in [2.24, 2.45) is 0 Å². The Bertz CT molecular complexity index is 1330. The second kappa shape index (κ2) is 8.19. The molecule has 0 atom stereocenters. The Balaban J connectivity index is 1.69. The van der Waals surface area contributed by atoms with Crippen LogP contribution in [0.4, 0.5) is 10.1 Å². The Kier molecular flexibility index (Phi) is 5.43. The summed E-state index contributed by atoms with van der Waals surface area (Å²) in [6.07, 6.45) is 1.21. The molecule has 0 N–H and O–H groups in total. The highest BCUT2D eigenvalue weighted by atomic mass is 35.5. The molecule has 0 aliphatic carbocycles. The SMILES string of the molecule is COc1ccc(Cl)cc1N(C)C(=O)Cn1cnc2onc(-c3ccc(F)cc3)c2c1=O. The van der Waals surface area contributed by atoms with Crippen molar-refractivity contribution in [3.63, 3.8) is 0 Å². The predicted molar refractivity (Wildman–Crippen MR) is 113 cm³/mol. The number of nitrogens with zero attached hydrogens (tertiary/aromatic N) is 4. The van der Waals surface area contributed by atoms with Crippen molar-refractivity contribution in [2.45, 2.75) is 6.54 Å². The van der Waals surface area contributed by atoms with Crippen LogP contribution >= 0.6 is 11.6 Å². The van der Waals surface area contributed by atoms with Crippen LogP contribution < -0.4 is 15.2 Å². The van der Waals surface area contributed by atoms with Gasteiger partial charge in [-0.2, -0.15) is 0 Å². The van der Waals surface area contributed by atoms with Crippen LogP contribution in [0.1, 0.15) is 0 Å². The number of carbonyl (C=O) groups excluding carboxylic acids is 1. The first-order valence-electron chi connectivity index (χ1n) is 9.10. The lowest BCUT2D eigenvalue weighted by Crippen LogP contribution is -2.34. The highest BCUT2D eigenvalue weighted by Crippen LogP contribution is 2.30. The Morgan fingerprint density at radius 2 is 2.00 bits per heavy atom. The van der Waals surface area contributed by atoms with Crippen molar-refractivity contribution in [3.8, 4) is 17.0 Å². The second-order valence-corrected chi connectivity index (χ2v) is 7.10. The molecule has 2 aromatic carbocycles. The summed E-state index contributed by atoms with van der Waals surface area (Å²) in [7, 11) is 3.03. The van der Waals surface area contributed by atoms with Crippen molar-refractivity contribution in [1.82, 2.24) is 14.7 Å². The number of methoxy groups -OCH3 is 1. The lowest BCUT2D eigenvalue weighted by Gasteiger charge is -2.20. The molecule has 0 fully saturated rings. The van der Waals surface area contributed by atoms with Gasteiger partial charge in [0.25, 0.3) is 11.3 Å². The topological polar surface area (TPSA) is 90.5 Å². The van der Waals surface area contributed by atoms with Crippen LogP contribution in [0.15, 0.2) is 58.1 Å². The molecule has 4 rings (SSSR count). The van der Waals surface area contributed by atoms with E-state index in [1.54, 1.807) is 25.2 Å². The van der Waals surface area contributed by atoms with E-state index in [4.69, 9.17) is 20.9 Å². The Morgan fingerprint density at radius 3 is 2.71 bits per heavy atom. The molecule has 10 heteroatoms. The van der Waals surface area contributed by atoms with Gasteiger partial charge in [-0.1, -0.05) is 16.8 Å². The van der Waals surface area contributed by atoms with Gasteiger partial charge >= 0.3 is 0 Å². The van der Waals surface area contributed by atoms with Crippen molar-refractivity contribution >= 4 is 34.3 Å². The molecule has 158 valence electrons. The number of hydrogen-bond donors (Lipinski definition) is 0. The Hall–Kier alpha value is -3.72. The average Bonchev–Trinajstić information content (AvgIpc) is 3.20. The van der Waals surface area contributed by atoms with Crippen molar-refractivity contribution in [3.05, 3.63) is 70.0 Å². The van der Waals surface area contributed by atoms with Crippen LogP contribution in [0.25, 0.3) is 22.4 Å². The van der Waals surface area contributed by atoms with Crippen molar-refractivity contribution < 1.29 is 18.4 Å². The fourth-order valence-corrected chi connectivity index (χ4v) is 3.28. The zero-order chi connectivity index (χ0) is 22.1. The van der Waals surface area contributed by atoms with E-state index in [0.29, 0.717) is 22.0 Å². The maximum atomic E-state index is 13.2. The Morgan fingerprint density at radius 1 is 1.26 bits per heavy atom. The molecule has 8 nitrogen and oxygen atoms in total. The summed E-state index contributed by atoms with van der Waals surface area (Å²) in [4.78, 5) is 31.4. The highest BCUT2D eigenvalue weighted by molar-refractivity contribution is 6.31. The third-order valence-electron chi connectivity index (χ3n) is 4.76. The first-order valence-corrected chi connectivity index (χ1v) is 9.47. The summed E-state index contributed by atoms with van der Waals surface area (Å²) in [6, 6.07) is 10.3. The van der Waals surface area contributed by atoms with Gasteiger partial charge in [0, 0.05) is 17.6 Å². The molecule has 1 amide bonds. The molecule has 0 radical (unpaired) electrons. The van der Waals surface area contributed by atoms with Gasteiger partial charge in [-0.15, -0.1) is 0 Å². The van der Waals surface area contributed by atoms with Crippen LogP contribution in [0.2, 0.25) is 5.02 Å². The zero-order valence-corrected chi connectivity index (χ0v) is 17.3. The molecule has 2 heterocycles. The van der Waals surface area contributed by atoms with E-state index in [9.17, 15) is 14.0 Å². The first kappa shape index (κ1) is 20.5. The molecule has 0 spiro atoms. The minimum atomic E-state index is -0.509. The minimum Gasteiger partial charge on any atom is -0.495 e. The molecular weight excluding hydrogens is 427 g/mol. The summed E-state index contributed by atoms with van der Waals surface area (Å²) < 4.78 is 24.8. The number of fused-ring (bicyclic) bond motifs is 1. The summed E-state index contributed by atoms with van der Waals surface area (Å²) in [5, 5.41) is 4.43. The summed E-state index contributed by atoms with van der Waals surface area (Å²) in [5.41, 5.74) is 0.686. The van der Waals surface area contributed by atoms with Gasteiger partial charge in [-0.25, -0.2) is 9.37 Å². The largest absolute Gasteiger partial charge is 0.495 e. The Labute approximate surface area is 180 Å². The number of halogens is 2. The molecule has 4 aromatic rings. The third kappa shape index (κ3) is 3.87. The average molecular weight is 443 g/mol. The molecule has 31 heavy (non-hydrogen) atoms. The molecule has 0 bridgehead atoms. The molecule has 0 unspecified atom stereocenters. The first-order chi connectivity index (χ1) is 14.9. The number of benzene rings is 2. The van der Waals surface area contributed by atoms with Crippen LogP contribution in [-0.4, -0.2) is 34.8 Å². The summed E-state index contributed by atoms with van der Waals surface area (Å²) in [5.74, 6) is -0.362. The third-order valence-corrected chi connectivity index (χ3v) is 5.00. The fraction of sp³-hybridized carbons (Fsp3) is 0.143. The highest BCUT2D eigenvalue weighted by Gasteiger charge is 2.21. The normalized spacial score (nSPS) is 11.0. The number of ether oxygens (including phenoxy) is 1. The number of likely N-dealkylation sites (N-methyl/N-ethyl adjacent to an activating group) is 1. The van der Waals surface area contributed by atoms with Gasteiger partial charge in [-0.3, -0.25) is 14.2 Å². The van der Waals surface area contributed by atoms with Crippen molar-refractivity contribution in [2.75, 3.05) is 19.1 Å². The predicted octanol–water partition coefficient (Wildman–Crippen LogP) is 3.52. The molecule has 0 saturated heterocycles. The summed E-state index contributed by atoms with van der Waals surface area (Å²) in [6.45, 7) is -0.290. The van der Waals surface area contributed by atoms with E-state index in [2.05, 4.69) is 10.1 Å². The number of rotatable bonds is 5. The number of hydrogen-bond acceptors (Lipinski definition) is 6. The van der Waals surface area contributed by atoms with E-state index in [1.165, 1.54) is 42.6 Å². The van der Waals surface area contributed by atoms with E-state index < -0.39 is 17.3 Å². The van der Waals surface area contributed by atoms with Gasteiger partial charge in [0.2, 0.25) is 5.91 Å².